The molecule has 8 aromatic carbocycles. The van der Waals surface area contributed by atoms with Crippen molar-refractivity contribution >= 4 is 43.6 Å². The van der Waals surface area contributed by atoms with Crippen LogP contribution in [0.5, 0.6) is 23.0 Å². The quantitative estimate of drug-likeness (QED) is 0.134. The molecule has 8 heteroatoms. The number of benzene rings is 8. The van der Waals surface area contributed by atoms with Crippen LogP contribution in [0.1, 0.15) is 102 Å². The van der Waals surface area contributed by atoms with Crippen molar-refractivity contribution in [2.24, 2.45) is 0 Å². The maximum absolute atomic E-state index is 15.3. The number of phenolic OH excluding ortho intramolecular Hbond substituents is 2. The summed E-state index contributed by atoms with van der Waals surface area (Å²) in [6.07, 6.45) is 0.412. The molecule has 6 nitrogen and oxygen atoms in total. The van der Waals surface area contributed by atoms with E-state index in [2.05, 4.69) is 151 Å². The summed E-state index contributed by atoms with van der Waals surface area (Å²) in [4.78, 5) is 0. The number of halogens is 2. The third kappa shape index (κ3) is 9.13. The number of hydrogen-bond acceptors (Lipinski definition) is 4. The van der Waals surface area contributed by atoms with Crippen LogP contribution in [0.2, 0.25) is 0 Å². The summed E-state index contributed by atoms with van der Waals surface area (Å²) in [5.74, 6) is -0.118. The van der Waals surface area contributed by atoms with Crippen LogP contribution in [-0.2, 0) is 16.2 Å². The molecule has 0 saturated carbocycles. The molecule has 0 aliphatic heterocycles. The molecule has 0 spiro atoms. The highest BCUT2D eigenvalue weighted by molar-refractivity contribution is 6.11. The van der Waals surface area contributed by atoms with E-state index in [1.54, 1.807) is 12.1 Å². The summed E-state index contributed by atoms with van der Waals surface area (Å²) in [7, 11) is 0. The molecule has 0 fully saturated rings. The molecule has 2 aromatic heterocycles. The summed E-state index contributed by atoms with van der Waals surface area (Å²) in [5.41, 5.74) is 13.0. The van der Waals surface area contributed by atoms with Crippen molar-refractivity contribution in [3.63, 3.8) is 0 Å². The summed E-state index contributed by atoms with van der Waals surface area (Å²) >= 11 is 0. The van der Waals surface area contributed by atoms with E-state index < -0.39 is 11.6 Å². The number of nitrogens with zero attached hydrogens (tertiary/aromatic N) is 2. The van der Waals surface area contributed by atoms with Gasteiger partial charge in [0.1, 0.15) is 34.6 Å². The van der Waals surface area contributed by atoms with Gasteiger partial charge >= 0.3 is 0 Å². The molecule has 2 N–H and O–H groups in total. The second kappa shape index (κ2) is 18.4. The molecule has 10 rings (SSSR count). The number of aryl methyl sites for hydroxylation is 3. The van der Waals surface area contributed by atoms with Crippen LogP contribution in [0.25, 0.3) is 77.2 Å². The van der Waals surface area contributed by atoms with E-state index >= 15 is 8.78 Å². The van der Waals surface area contributed by atoms with Gasteiger partial charge in [0, 0.05) is 50.2 Å². The highest BCUT2D eigenvalue weighted by Crippen LogP contribution is 2.47. The van der Waals surface area contributed by atoms with Crippen molar-refractivity contribution in [2.75, 3.05) is 13.2 Å². The predicted octanol–water partition coefficient (Wildman–Crippen LogP) is 17.6. The Morgan fingerprint density at radius 1 is 0.392 bits per heavy atom. The minimum absolute atomic E-state index is 0.00213. The lowest BCUT2D eigenvalue weighted by atomic mass is 9.85. The maximum Gasteiger partial charge on any atom is 0.147 e. The van der Waals surface area contributed by atoms with Crippen LogP contribution in [0, 0.1) is 32.4 Å². The number of aromatic nitrogens is 2. The second-order valence-electron chi connectivity index (χ2n) is 23.3. The van der Waals surface area contributed by atoms with Crippen molar-refractivity contribution in [1.82, 2.24) is 9.13 Å². The average molecular weight is 989 g/mol. The number of aromatic hydroxyl groups is 2. The summed E-state index contributed by atoms with van der Waals surface area (Å²) in [6, 6.07) is 42.3. The lowest BCUT2D eigenvalue weighted by molar-refractivity contribution is 0.248. The average Bonchev–Trinajstić information content (AvgIpc) is 3.83. The molecule has 0 radical (unpaired) electrons. The van der Waals surface area contributed by atoms with Crippen LogP contribution in [0.4, 0.5) is 8.78 Å². The molecule has 378 valence electrons. The first-order chi connectivity index (χ1) is 35.0. The molecule has 0 saturated heterocycles. The fraction of sp³-hybridized carbons (Fsp3) is 0.273. The van der Waals surface area contributed by atoms with E-state index in [4.69, 9.17) is 9.47 Å². The van der Waals surface area contributed by atoms with E-state index in [0.717, 1.165) is 60.3 Å². The van der Waals surface area contributed by atoms with E-state index in [1.165, 1.54) is 41.0 Å². The first-order valence-electron chi connectivity index (χ1n) is 25.6. The third-order valence-electron chi connectivity index (χ3n) is 14.5. The van der Waals surface area contributed by atoms with E-state index in [-0.39, 0.29) is 41.0 Å². The maximum atomic E-state index is 15.3. The number of ether oxygens (including phenoxy) is 2. The molecule has 2 heterocycles. The van der Waals surface area contributed by atoms with E-state index in [1.807, 2.05) is 38.1 Å². The van der Waals surface area contributed by atoms with Crippen molar-refractivity contribution in [2.45, 2.75) is 106 Å². The minimum Gasteiger partial charge on any atom is -0.505 e. The monoisotopic (exact) mass is 988 g/mol. The standard InChI is InChI=1S/C66H66F2N2O4/c1-38-14-20-54-46(28-38)47-33-41(64(4,5)6)15-21-55(47)69(54)58-31-39(2)29-52(62(58)71)50-36-44(67)18-24-60(50)73-26-13-27-74-61-25-19-45(68)37-51(61)53-30-40(3)32-59(63(53)72)70-56-22-16-42(65(7,8)9)34-48(56)49-35-43(66(10,11)12)17-23-57(49)70/h14-25,28-37,71-72H,13,26-27H2,1-12H3. The predicted molar refractivity (Wildman–Crippen MR) is 302 cm³/mol. The number of phenols is 2. The molecule has 0 bridgehead atoms. The SMILES string of the molecule is Cc1cc(-c2cc(F)ccc2OCCCOc2ccc(F)cc2-c2cc(C)cc(-n3c4ccc(C(C)(C)C)cc4c4cc(C(C)(C)C)ccc43)c2O)c(O)c(-n2c3ccc(C)cc3c3cc(C(C)(C)C)ccc32)c1. The highest BCUT2D eigenvalue weighted by atomic mass is 19.1. The van der Waals surface area contributed by atoms with Crippen molar-refractivity contribution < 1.29 is 28.5 Å². The van der Waals surface area contributed by atoms with Crippen LogP contribution in [0.15, 0.2) is 133 Å². The third-order valence-corrected chi connectivity index (χ3v) is 14.5. The zero-order chi connectivity index (χ0) is 52.8. The fourth-order valence-electron chi connectivity index (χ4n) is 10.5. The van der Waals surface area contributed by atoms with Gasteiger partial charge in [-0.25, -0.2) is 8.78 Å². The first kappa shape index (κ1) is 50.0. The molecule has 0 amide bonds. The van der Waals surface area contributed by atoms with Crippen LogP contribution in [-0.4, -0.2) is 32.6 Å². The van der Waals surface area contributed by atoms with Gasteiger partial charge in [0.25, 0.3) is 0 Å². The van der Waals surface area contributed by atoms with Gasteiger partial charge in [-0.1, -0.05) is 92.1 Å². The van der Waals surface area contributed by atoms with Gasteiger partial charge < -0.3 is 28.8 Å². The smallest absolute Gasteiger partial charge is 0.147 e. The second-order valence-corrected chi connectivity index (χ2v) is 23.3. The molecule has 0 aliphatic carbocycles. The Balaban J connectivity index is 0.944. The first-order valence-corrected chi connectivity index (χ1v) is 25.6. The molecular formula is C66H66F2N2O4. The molecule has 74 heavy (non-hydrogen) atoms. The van der Waals surface area contributed by atoms with E-state index in [0.29, 0.717) is 51.5 Å². The molecule has 10 aromatic rings. The van der Waals surface area contributed by atoms with Gasteiger partial charge in [0.05, 0.1) is 46.7 Å². The fourth-order valence-corrected chi connectivity index (χ4v) is 10.5. The minimum atomic E-state index is -0.464. The van der Waals surface area contributed by atoms with Gasteiger partial charge in [-0.3, -0.25) is 0 Å². The normalized spacial score (nSPS) is 12.5. The highest BCUT2D eigenvalue weighted by Gasteiger charge is 2.26. The Kier molecular flexibility index (Phi) is 12.4. The zero-order valence-electron chi connectivity index (χ0n) is 44.7. The number of rotatable bonds is 10. The molecule has 0 aliphatic rings. The van der Waals surface area contributed by atoms with Gasteiger partial charge in [-0.2, -0.15) is 0 Å². The van der Waals surface area contributed by atoms with Crippen molar-refractivity contribution in [3.8, 4) is 56.6 Å². The zero-order valence-corrected chi connectivity index (χ0v) is 44.7. The van der Waals surface area contributed by atoms with Crippen LogP contribution in [0.3, 0.4) is 0 Å². The number of hydrogen-bond donors (Lipinski definition) is 2. The molecular weight excluding hydrogens is 923 g/mol. The largest absolute Gasteiger partial charge is 0.505 e. The Bertz CT molecular complexity index is 3780. The molecule has 0 unspecified atom stereocenters. The summed E-state index contributed by atoms with van der Waals surface area (Å²) < 4.78 is 47.6. The Hall–Kier alpha value is -7.58. The van der Waals surface area contributed by atoms with Crippen LogP contribution < -0.4 is 9.47 Å². The lowest BCUT2D eigenvalue weighted by Crippen LogP contribution is -2.10. The van der Waals surface area contributed by atoms with Gasteiger partial charge in [-0.15, -0.1) is 0 Å². The Morgan fingerprint density at radius 2 is 0.743 bits per heavy atom. The Morgan fingerprint density at radius 3 is 1.11 bits per heavy atom. The summed E-state index contributed by atoms with van der Waals surface area (Å²) in [6.45, 7) is 26.3. The lowest BCUT2D eigenvalue weighted by Gasteiger charge is -2.20. The summed E-state index contributed by atoms with van der Waals surface area (Å²) in [5, 5.41) is 29.1. The van der Waals surface area contributed by atoms with Crippen LogP contribution >= 0.6 is 0 Å². The topological polar surface area (TPSA) is 68.8 Å². The van der Waals surface area contributed by atoms with Gasteiger partial charge in [0.2, 0.25) is 0 Å². The molecule has 0 atom stereocenters. The van der Waals surface area contributed by atoms with E-state index in [9.17, 15) is 10.2 Å². The Labute approximate surface area is 433 Å². The van der Waals surface area contributed by atoms with Crippen molar-refractivity contribution in [3.05, 3.63) is 178 Å². The van der Waals surface area contributed by atoms with Gasteiger partial charge in [-0.05, 0) is 174 Å². The van der Waals surface area contributed by atoms with Crippen molar-refractivity contribution in [1.29, 1.82) is 0 Å². The van der Waals surface area contributed by atoms with Gasteiger partial charge in [0.15, 0.2) is 0 Å². The number of fused-ring (bicyclic) bond motifs is 6.